The van der Waals surface area contributed by atoms with E-state index in [-0.39, 0.29) is 0 Å². The molecular weight excluding hydrogens is 248 g/mol. The summed E-state index contributed by atoms with van der Waals surface area (Å²) in [5, 5.41) is 10.5. The van der Waals surface area contributed by atoms with Crippen molar-refractivity contribution in [2.24, 2.45) is 0 Å². The Balaban J connectivity index is 2.00. The highest BCUT2D eigenvalue weighted by Gasteiger charge is 2.11. The normalized spacial score (nSPS) is 12.5. The van der Waals surface area contributed by atoms with Crippen molar-refractivity contribution in [3.05, 3.63) is 71.5 Å². The lowest BCUT2D eigenvalue weighted by atomic mass is 9.98. The van der Waals surface area contributed by atoms with Crippen LogP contribution in [0.5, 0.6) is 0 Å². The van der Waals surface area contributed by atoms with Crippen molar-refractivity contribution in [2.45, 2.75) is 19.4 Å². The lowest BCUT2D eigenvalue weighted by Crippen LogP contribution is -2.00. The molecule has 1 heterocycles. The highest BCUT2D eigenvalue weighted by atomic mass is 16.3. The van der Waals surface area contributed by atoms with Crippen molar-refractivity contribution in [3.8, 4) is 0 Å². The Kier molecular flexibility index (Phi) is 3.44. The second-order valence-electron chi connectivity index (χ2n) is 4.81. The summed E-state index contributed by atoms with van der Waals surface area (Å²) in [6.45, 7) is 2.11. The fourth-order valence-corrected chi connectivity index (χ4v) is 2.33. The average Bonchev–Trinajstić information content (AvgIpc) is 2.53. The van der Waals surface area contributed by atoms with Gasteiger partial charge >= 0.3 is 0 Å². The minimum Gasteiger partial charge on any atom is -0.384 e. The predicted octanol–water partition coefficient (Wildman–Crippen LogP) is 3.27. The molecular formula is C17H16N2O. The molecule has 0 amide bonds. The van der Waals surface area contributed by atoms with Crippen molar-refractivity contribution in [2.75, 3.05) is 0 Å². The molecule has 0 saturated carbocycles. The molecule has 3 rings (SSSR count). The molecule has 0 fully saturated rings. The maximum absolute atomic E-state index is 10.5. The van der Waals surface area contributed by atoms with Gasteiger partial charge in [0.15, 0.2) is 0 Å². The van der Waals surface area contributed by atoms with E-state index < -0.39 is 6.10 Å². The number of aliphatic hydroxyl groups excluding tert-OH is 1. The van der Waals surface area contributed by atoms with E-state index in [4.69, 9.17) is 0 Å². The quantitative estimate of drug-likeness (QED) is 0.789. The summed E-state index contributed by atoms with van der Waals surface area (Å²) < 4.78 is 0. The molecule has 0 radical (unpaired) electrons. The number of rotatable bonds is 3. The molecule has 0 saturated heterocycles. The summed E-state index contributed by atoms with van der Waals surface area (Å²) in [6, 6.07) is 13.7. The van der Waals surface area contributed by atoms with Crippen LogP contribution in [0, 0.1) is 0 Å². The summed E-state index contributed by atoms with van der Waals surface area (Å²) in [5.41, 5.74) is 4.61. The second kappa shape index (κ2) is 5.39. The molecule has 0 spiro atoms. The van der Waals surface area contributed by atoms with Crippen molar-refractivity contribution in [3.63, 3.8) is 0 Å². The second-order valence-corrected chi connectivity index (χ2v) is 4.81. The molecule has 2 aromatic carbocycles. The van der Waals surface area contributed by atoms with Crippen LogP contribution in [0.25, 0.3) is 11.0 Å². The van der Waals surface area contributed by atoms with Gasteiger partial charge in [-0.3, -0.25) is 9.97 Å². The van der Waals surface area contributed by atoms with E-state index in [1.165, 1.54) is 5.56 Å². The zero-order valence-corrected chi connectivity index (χ0v) is 11.3. The van der Waals surface area contributed by atoms with Gasteiger partial charge in [0, 0.05) is 12.4 Å². The maximum atomic E-state index is 10.5. The Morgan fingerprint density at radius 2 is 1.70 bits per heavy atom. The van der Waals surface area contributed by atoms with Crippen LogP contribution in [0.4, 0.5) is 0 Å². The maximum Gasteiger partial charge on any atom is 0.104 e. The van der Waals surface area contributed by atoms with Crippen molar-refractivity contribution in [1.82, 2.24) is 9.97 Å². The largest absolute Gasteiger partial charge is 0.384 e. The molecule has 1 aromatic heterocycles. The van der Waals surface area contributed by atoms with E-state index in [0.717, 1.165) is 28.6 Å². The van der Waals surface area contributed by atoms with Crippen LogP contribution >= 0.6 is 0 Å². The molecule has 1 unspecified atom stereocenters. The lowest BCUT2D eigenvalue weighted by Gasteiger charge is -2.13. The number of hydrogen-bond acceptors (Lipinski definition) is 3. The molecule has 0 aliphatic rings. The Morgan fingerprint density at radius 1 is 0.950 bits per heavy atom. The van der Waals surface area contributed by atoms with E-state index in [0.29, 0.717) is 0 Å². The highest BCUT2D eigenvalue weighted by molar-refractivity contribution is 5.74. The number of fused-ring (bicyclic) bond motifs is 1. The minimum absolute atomic E-state index is 0.632. The third kappa shape index (κ3) is 2.40. The van der Waals surface area contributed by atoms with Crippen LogP contribution in [-0.4, -0.2) is 15.1 Å². The molecule has 0 bridgehead atoms. The summed E-state index contributed by atoms with van der Waals surface area (Å²) >= 11 is 0. The van der Waals surface area contributed by atoms with Gasteiger partial charge in [-0.1, -0.05) is 37.3 Å². The predicted molar refractivity (Wildman–Crippen MR) is 79.4 cm³/mol. The zero-order valence-electron chi connectivity index (χ0n) is 11.3. The van der Waals surface area contributed by atoms with Crippen LogP contribution in [0.1, 0.15) is 29.7 Å². The van der Waals surface area contributed by atoms with Crippen LogP contribution in [-0.2, 0) is 6.42 Å². The number of nitrogens with zero attached hydrogens (tertiary/aromatic N) is 2. The number of benzene rings is 2. The molecule has 3 nitrogen and oxygen atoms in total. The number of hydrogen-bond donors (Lipinski definition) is 1. The van der Waals surface area contributed by atoms with Crippen LogP contribution < -0.4 is 0 Å². The van der Waals surface area contributed by atoms with Gasteiger partial charge in [0.2, 0.25) is 0 Å². The topological polar surface area (TPSA) is 46.0 Å². The fourth-order valence-electron chi connectivity index (χ4n) is 2.33. The van der Waals surface area contributed by atoms with Crippen LogP contribution in [0.2, 0.25) is 0 Å². The fraction of sp³-hybridized carbons (Fsp3) is 0.176. The number of aromatic nitrogens is 2. The first-order valence-corrected chi connectivity index (χ1v) is 6.75. The zero-order chi connectivity index (χ0) is 13.9. The first-order valence-electron chi connectivity index (χ1n) is 6.75. The van der Waals surface area contributed by atoms with E-state index >= 15 is 0 Å². The van der Waals surface area contributed by atoms with E-state index in [2.05, 4.69) is 23.0 Å². The molecule has 0 aliphatic carbocycles. The SMILES string of the molecule is CCc1cccc(C(O)c2ccc3nccnc3c2)c1. The molecule has 0 aliphatic heterocycles. The smallest absolute Gasteiger partial charge is 0.104 e. The molecule has 100 valence electrons. The molecule has 20 heavy (non-hydrogen) atoms. The molecule has 3 heteroatoms. The van der Waals surface area contributed by atoms with Gasteiger partial charge in [0.05, 0.1) is 11.0 Å². The third-order valence-electron chi connectivity index (χ3n) is 3.48. The Morgan fingerprint density at radius 3 is 2.50 bits per heavy atom. The Bertz CT molecular complexity index is 740. The van der Waals surface area contributed by atoms with Crippen molar-refractivity contribution >= 4 is 11.0 Å². The molecule has 3 aromatic rings. The van der Waals surface area contributed by atoms with Crippen molar-refractivity contribution in [1.29, 1.82) is 0 Å². The summed E-state index contributed by atoms with van der Waals surface area (Å²) in [4.78, 5) is 8.52. The first kappa shape index (κ1) is 12.8. The van der Waals surface area contributed by atoms with Gasteiger partial charge in [-0.25, -0.2) is 0 Å². The van der Waals surface area contributed by atoms with E-state index in [1.54, 1.807) is 12.4 Å². The van der Waals surface area contributed by atoms with Gasteiger partial charge in [-0.05, 0) is 35.2 Å². The Labute approximate surface area is 117 Å². The monoisotopic (exact) mass is 264 g/mol. The minimum atomic E-state index is -0.632. The highest BCUT2D eigenvalue weighted by Crippen LogP contribution is 2.24. The van der Waals surface area contributed by atoms with Gasteiger partial charge in [-0.2, -0.15) is 0 Å². The van der Waals surface area contributed by atoms with Gasteiger partial charge in [-0.15, -0.1) is 0 Å². The number of aryl methyl sites for hydroxylation is 1. The third-order valence-corrected chi connectivity index (χ3v) is 3.48. The van der Waals surface area contributed by atoms with E-state index in [9.17, 15) is 5.11 Å². The first-order chi connectivity index (χ1) is 9.78. The molecule has 1 atom stereocenters. The Hall–Kier alpha value is -2.26. The standard InChI is InChI=1S/C17H16N2O/c1-2-12-4-3-5-13(10-12)17(20)14-6-7-15-16(11-14)19-9-8-18-15/h3-11,17,20H,2H2,1H3. The summed E-state index contributed by atoms with van der Waals surface area (Å²) in [6.07, 6.45) is 3.66. The van der Waals surface area contributed by atoms with Gasteiger partial charge in [0.1, 0.15) is 6.10 Å². The van der Waals surface area contributed by atoms with Crippen LogP contribution in [0.3, 0.4) is 0 Å². The average molecular weight is 264 g/mol. The molecule has 1 N–H and O–H groups in total. The van der Waals surface area contributed by atoms with Crippen LogP contribution in [0.15, 0.2) is 54.9 Å². The summed E-state index contributed by atoms with van der Waals surface area (Å²) in [7, 11) is 0. The van der Waals surface area contributed by atoms with Crippen molar-refractivity contribution < 1.29 is 5.11 Å². The lowest BCUT2D eigenvalue weighted by molar-refractivity contribution is 0.220. The number of aliphatic hydroxyl groups is 1. The van der Waals surface area contributed by atoms with Gasteiger partial charge in [0.25, 0.3) is 0 Å². The summed E-state index contributed by atoms with van der Waals surface area (Å²) in [5.74, 6) is 0. The van der Waals surface area contributed by atoms with Gasteiger partial charge < -0.3 is 5.11 Å². The van der Waals surface area contributed by atoms with E-state index in [1.807, 2.05) is 36.4 Å².